The Kier molecular flexibility index (Phi) is 4.61. The first-order valence-electron chi connectivity index (χ1n) is 7.06. The van der Waals surface area contributed by atoms with E-state index in [9.17, 15) is 22.4 Å². The van der Waals surface area contributed by atoms with Crippen LogP contribution in [0.15, 0.2) is 51.8 Å². The van der Waals surface area contributed by atoms with Crippen LogP contribution in [0.25, 0.3) is 0 Å². The fourth-order valence-electron chi connectivity index (χ4n) is 2.35. The van der Waals surface area contributed by atoms with Crippen LogP contribution in [0.4, 0.5) is 4.39 Å². The minimum Gasteiger partial charge on any atom is -0.459 e. The topological polar surface area (TPSA) is 80.8 Å². The van der Waals surface area contributed by atoms with E-state index in [1.54, 1.807) is 6.07 Å². The number of esters is 1. The molecule has 0 unspecified atom stereocenters. The Balaban J connectivity index is 1.71. The predicted octanol–water partition coefficient (Wildman–Crippen LogP) is 2.48. The van der Waals surface area contributed by atoms with Gasteiger partial charge in [-0.25, -0.2) is 17.1 Å². The number of nitrogens with zero attached hydrogens (tertiary/aromatic N) is 1. The Morgan fingerprint density at radius 2 is 1.92 bits per heavy atom. The molecule has 0 fully saturated rings. The number of benzene rings is 2. The van der Waals surface area contributed by atoms with Gasteiger partial charge < -0.3 is 4.74 Å². The number of fused-ring (bicyclic) bond motifs is 1. The van der Waals surface area contributed by atoms with E-state index >= 15 is 0 Å². The molecule has 1 amide bonds. The maximum absolute atomic E-state index is 13.0. The molecule has 1 aliphatic rings. The number of ether oxygens (including phenoxy) is 1. The molecule has 0 N–H and O–H groups in total. The third kappa shape index (κ3) is 3.29. The van der Waals surface area contributed by atoms with Crippen LogP contribution in [0, 0.1) is 5.82 Å². The zero-order valence-corrected chi connectivity index (χ0v) is 15.0. The van der Waals surface area contributed by atoms with Crippen LogP contribution >= 0.6 is 15.9 Å². The molecule has 0 saturated carbocycles. The number of hydrogen-bond donors (Lipinski definition) is 0. The molecule has 0 saturated heterocycles. The minimum absolute atomic E-state index is 0.0246. The van der Waals surface area contributed by atoms with Gasteiger partial charge in [-0.15, -0.1) is 0 Å². The van der Waals surface area contributed by atoms with Crippen LogP contribution in [-0.2, 0) is 26.2 Å². The summed E-state index contributed by atoms with van der Waals surface area (Å²) in [5.41, 5.74) is 0.533. The number of carbonyl (C=O) groups is 2. The van der Waals surface area contributed by atoms with E-state index in [4.69, 9.17) is 4.74 Å². The Bertz CT molecular complexity index is 976. The standard InChI is InChI=1S/C16H11BrFNO5S/c17-13-7-11(18)6-5-10(13)9-24-15(20)8-19-16(21)12-3-1-2-4-14(12)25(19,22)23/h1-7H,8-9H2. The van der Waals surface area contributed by atoms with E-state index in [1.807, 2.05) is 0 Å². The molecule has 0 aliphatic carbocycles. The van der Waals surface area contributed by atoms with Crippen LogP contribution in [0.2, 0.25) is 0 Å². The van der Waals surface area contributed by atoms with Crippen molar-refractivity contribution in [3.63, 3.8) is 0 Å². The van der Waals surface area contributed by atoms with Crippen molar-refractivity contribution in [2.24, 2.45) is 0 Å². The highest BCUT2D eigenvalue weighted by atomic mass is 79.9. The number of hydrogen-bond acceptors (Lipinski definition) is 5. The van der Waals surface area contributed by atoms with Crippen LogP contribution in [0.1, 0.15) is 15.9 Å². The van der Waals surface area contributed by atoms with Gasteiger partial charge in [-0.05, 0) is 24.3 Å². The molecule has 25 heavy (non-hydrogen) atoms. The lowest BCUT2D eigenvalue weighted by atomic mass is 10.2. The number of rotatable bonds is 4. The van der Waals surface area contributed by atoms with Gasteiger partial charge in [-0.1, -0.05) is 34.1 Å². The van der Waals surface area contributed by atoms with Gasteiger partial charge in [0.25, 0.3) is 15.9 Å². The molecule has 0 spiro atoms. The third-order valence-corrected chi connectivity index (χ3v) is 6.11. The first-order chi connectivity index (χ1) is 11.8. The van der Waals surface area contributed by atoms with Gasteiger partial charge in [0.1, 0.15) is 23.9 Å². The zero-order valence-electron chi connectivity index (χ0n) is 12.6. The second-order valence-corrected chi connectivity index (χ2v) is 7.89. The molecular weight excluding hydrogens is 417 g/mol. The quantitative estimate of drug-likeness (QED) is 0.700. The van der Waals surface area contributed by atoms with Crippen molar-refractivity contribution < 1.29 is 27.1 Å². The highest BCUT2D eigenvalue weighted by molar-refractivity contribution is 9.10. The van der Waals surface area contributed by atoms with E-state index in [2.05, 4.69) is 15.9 Å². The Morgan fingerprint density at radius 3 is 2.60 bits per heavy atom. The van der Waals surface area contributed by atoms with E-state index < -0.39 is 34.3 Å². The Morgan fingerprint density at radius 1 is 1.20 bits per heavy atom. The molecule has 1 heterocycles. The Labute approximate surface area is 151 Å². The average molecular weight is 428 g/mol. The highest BCUT2D eigenvalue weighted by Gasteiger charge is 2.42. The van der Waals surface area contributed by atoms with Crippen molar-refractivity contribution in [2.75, 3.05) is 6.54 Å². The molecule has 130 valence electrons. The molecular formula is C16H11BrFNO5S. The molecule has 3 rings (SSSR count). The van der Waals surface area contributed by atoms with E-state index in [1.165, 1.54) is 36.4 Å². The van der Waals surface area contributed by atoms with Crippen LogP contribution < -0.4 is 0 Å². The molecule has 0 atom stereocenters. The summed E-state index contributed by atoms with van der Waals surface area (Å²) < 4.78 is 43.6. The van der Waals surface area contributed by atoms with Gasteiger partial charge in [-0.3, -0.25) is 9.59 Å². The Hall–Kier alpha value is -2.26. The summed E-state index contributed by atoms with van der Waals surface area (Å²) in [5, 5.41) is 0. The first kappa shape index (κ1) is 17.6. The van der Waals surface area contributed by atoms with Crippen molar-refractivity contribution >= 4 is 37.8 Å². The molecule has 6 nitrogen and oxygen atoms in total. The van der Waals surface area contributed by atoms with Crippen molar-refractivity contribution in [1.82, 2.24) is 4.31 Å². The molecule has 0 bridgehead atoms. The summed E-state index contributed by atoms with van der Waals surface area (Å²) in [6, 6.07) is 9.59. The number of amides is 1. The monoisotopic (exact) mass is 427 g/mol. The average Bonchev–Trinajstić information content (AvgIpc) is 2.75. The van der Waals surface area contributed by atoms with Gasteiger partial charge in [0.2, 0.25) is 0 Å². The van der Waals surface area contributed by atoms with E-state index in [0.29, 0.717) is 14.3 Å². The van der Waals surface area contributed by atoms with E-state index in [-0.39, 0.29) is 17.1 Å². The highest BCUT2D eigenvalue weighted by Crippen LogP contribution is 2.29. The number of sulfonamides is 1. The summed E-state index contributed by atoms with van der Waals surface area (Å²) in [6.45, 7) is -0.913. The number of carbonyl (C=O) groups excluding carboxylic acids is 2. The lowest BCUT2D eigenvalue weighted by Gasteiger charge is -2.14. The molecule has 9 heteroatoms. The molecule has 2 aromatic carbocycles. The summed E-state index contributed by atoms with van der Waals surface area (Å²) in [6.07, 6.45) is 0. The molecule has 1 aliphatic heterocycles. The van der Waals surface area contributed by atoms with Crippen LogP contribution in [0.3, 0.4) is 0 Å². The van der Waals surface area contributed by atoms with Gasteiger partial charge in [0.05, 0.1) is 5.56 Å². The van der Waals surface area contributed by atoms with Crippen LogP contribution in [-0.4, -0.2) is 31.1 Å². The van der Waals surface area contributed by atoms with Gasteiger partial charge >= 0.3 is 5.97 Å². The predicted molar refractivity (Wildman–Crippen MR) is 88.6 cm³/mol. The van der Waals surface area contributed by atoms with Gasteiger partial charge in [0.15, 0.2) is 0 Å². The largest absolute Gasteiger partial charge is 0.459 e. The summed E-state index contributed by atoms with van der Waals surface area (Å²) in [4.78, 5) is 24.0. The van der Waals surface area contributed by atoms with Gasteiger partial charge in [0, 0.05) is 10.0 Å². The van der Waals surface area contributed by atoms with Crippen LogP contribution in [0.5, 0.6) is 0 Å². The summed E-state index contributed by atoms with van der Waals surface area (Å²) in [5.74, 6) is -2.11. The van der Waals surface area contributed by atoms with Crippen molar-refractivity contribution in [3.05, 3.63) is 63.9 Å². The fourth-order valence-corrected chi connectivity index (χ4v) is 4.33. The molecule has 2 aromatic rings. The second kappa shape index (κ2) is 6.57. The van der Waals surface area contributed by atoms with Crippen molar-refractivity contribution in [2.45, 2.75) is 11.5 Å². The lowest BCUT2D eigenvalue weighted by Crippen LogP contribution is -2.35. The van der Waals surface area contributed by atoms with E-state index in [0.717, 1.165) is 0 Å². The fraction of sp³-hybridized carbons (Fsp3) is 0.125. The minimum atomic E-state index is -4.06. The van der Waals surface area contributed by atoms with Crippen molar-refractivity contribution in [1.29, 1.82) is 0 Å². The molecule has 0 aromatic heterocycles. The third-order valence-electron chi connectivity index (χ3n) is 3.59. The smallest absolute Gasteiger partial charge is 0.327 e. The lowest BCUT2D eigenvalue weighted by molar-refractivity contribution is -0.144. The first-order valence-corrected chi connectivity index (χ1v) is 9.29. The van der Waals surface area contributed by atoms with Crippen molar-refractivity contribution in [3.8, 4) is 0 Å². The maximum Gasteiger partial charge on any atom is 0.327 e. The maximum atomic E-state index is 13.0. The SMILES string of the molecule is O=C(CN1C(=O)c2ccccc2S1(=O)=O)OCc1ccc(F)cc1Br. The second-order valence-electron chi connectivity index (χ2n) is 5.21. The number of halogens is 2. The summed E-state index contributed by atoms with van der Waals surface area (Å²) >= 11 is 3.14. The molecule has 0 radical (unpaired) electrons. The summed E-state index contributed by atoms with van der Waals surface area (Å²) in [7, 11) is -4.06. The zero-order chi connectivity index (χ0) is 18.2. The van der Waals surface area contributed by atoms with Gasteiger partial charge in [-0.2, -0.15) is 0 Å². The normalized spacial score (nSPS) is 15.1.